The lowest BCUT2D eigenvalue weighted by molar-refractivity contribution is 0.573. The molecule has 2 aromatic carbocycles. The molecule has 2 N–H and O–H groups in total. The molecule has 3 heterocycles. The first-order valence-corrected chi connectivity index (χ1v) is 11.5. The second-order valence-electron chi connectivity index (χ2n) is 8.76. The molecule has 0 unspecified atom stereocenters. The minimum Gasteiger partial charge on any atom is -0.380 e. The highest BCUT2D eigenvalue weighted by atomic mass is 15.2. The number of hydrogen-bond acceptors (Lipinski definition) is 4. The van der Waals surface area contributed by atoms with E-state index in [-0.39, 0.29) is 0 Å². The van der Waals surface area contributed by atoms with Crippen LogP contribution in [0.25, 0.3) is 22.5 Å². The van der Waals surface area contributed by atoms with Crippen LogP contribution in [0.1, 0.15) is 36.0 Å². The van der Waals surface area contributed by atoms with Gasteiger partial charge in [-0.15, -0.1) is 0 Å². The maximum absolute atomic E-state index is 4.66. The number of hydrogen-bond donors (Lipinski definition) is 2. The van der Waals surface area contributed by atoms with Crippen molar-refractivity contribution in [1.82, 2.24) is 15.2 Å². The Hall–Kier alpha value is -3.60. The summed E-state index contributed by atoms with van der Waals surface area (Å²) < 4.78 is 0. The van der Waals surface area contributed by atoms with Gasteiger partial charge in [0.2, 0.25) is 0 Å². The molecule has 0 spiro atoms. The van der Waals surface area contributed by atoms with Gasteiger partial charge in [-0.05, 0) is 42.5 Å². The zero-order valence-corrected chi connectivity index (χ0v) is 18.1. The molecule has 1 aliphatic carbocycles. The van der Waals surface area contributed by atoms with Crippen molar-refractivity contribution < 1.29 is 0 Å². The van der Waals surface area contributed by atoms with Crippen LogP contribution in [0, 0.1) is 0 Å². The number of piperidine rings is 1. The molecule has 1 aliphatic heterocycles. The Morgan fingerprint density at radius 1 is 0.906 bits per heavy atom. The normalized spacial score (nSPS) is 14.8. The van der Waals surface area contributed by atoms with Gasteiger partial charge in [-0.25, -0.2) is 4.98 Å². The summed E-state index contributed by atoms with van der Waals surface area (Å²) in [6, 6.07) is 21.6. The van der Waals surface area contributed by atoms with Crippen molar-refractivity contribution in [1.29, 1.82) is 0 Å². The lowest BCUT2D eigenvalue weighted by Crippen LogP contribution is -2.30. The molecule has 0 radical (unpaired) electrons. The maximum atomic E-state index is 4.66. The number of benzene rings is 2. The van der Waals surface area contributed by atoms with Gasteiger partial charge in [0.15, 0.2) is 0 Å². The molecule has 2 aromatic heterocycles. The Bertz CT molecular complexity index is 1220. The van der Waals surface area contributed by atoms with Crippen molar-refractivity contribution in [3.63, 3.8) is 0 Å². The number of anilines is 2. The summed E-state index contributed by atoms with van der Waals surface area (Å²) in [5.74, 6) is 1.09. The van der Waals surface area contributed by atoms with Crippen molar-refractivity contribution >= 4 is 11.5 Å². The highest BCUT2D eigenvalue weighted by Crippen LogP contribution is 2.39. The van der Waals surface area contributed by atoms with Gasteiger partial charge in [-0.3, -0.25) is 5.10 Å². The standard InChI is InChI=1S/C27H27N5/c1-4-14-32(15-5-1)25-13-12-22(18-29-25)28-17-19-8-10-20(11-9-19)26-24-16-21-6-2-3-7-23(21)27(24)31-30-26/h2-3,6-13,18,28H,1,4-5,14-17H2,(H,30,31). The first kappa shape index (κ1) is 19.1. The van der Waals surface area contributed by atoms with Gasteiger partial charge in [0.1, 0.15) is 5.82 Å². The number of aromatic amines is 1. The maximum Gasteiger partial charge on any atom is 0.128 e. The minimum absolute atomic E-state index is 0.773. The predicted molar refractivity (Wildman–Crippen MR) is 130 cm³/mol. The van der Waals surface area contributed by atoms with E-state index in [2.05, 4.69) is 86.1 Å². The number of nitrogens with zero attached hydrogens (tertiary/aromatic N) is 3. The van der Waals surface area contributed by atoms with E-state index in [1.165, 1.54) is 47.2 Å². The summed E-state index contributed by atoms with van der Waals surface area (Å²) in [6.07, 6.45) is 6.77. The van der Waals surface area contributed by atoms with Crippen LogP contribution in [0.2, 0.25) is 0 Å². The lowest BCUT2D eigenvalue weighted by atomic mass is 10.0. The fraction of sp³-hybridized carbons (Fsp3) is 0.259. The van der Waals surface area contributed by atoms with Crippen LogP contribution in [-0.4, -0.2) is 28.3 Å². The third-order valence-corrected chi connectivity index (χ3v) is 6.67. The van der Waals surface area contributed by atoms with E-state index < -0.39 is 0 Å². The van der Waals surface area contributed by atoms with E-state index in [0.29, 0.717) is 0 Å². The fourth-order valence-corrected chi connectivity index (χ4v) is 4.89. The molecule has 0 bridgehead atoms. The van der Waals surface area contributed by atoms with E-state index >= 15 is 0 Å². The highest BCUT2D eigenvalue weighted by molar-refractivity contribution is 5.81. The Morgan fingerprint density at radius 2 is 1.75 bits per heavy atom. The Labute approximate surface area is 188 Å². The third kappa shape index (κ3) is 3.54. The van der Waals surface area contributed by atoms with Gasteiger partial charge in [0.05, 0.1) is 23.3 Å². The summed E-state index contributed by atoms with van der Waals surface area (Å²) in [5, 5.41) is 11.4. The van der Waals surface area contributed by atoms with Crippen molar-refractivity contribution in [3.8, 4) is 22.5 Å². The van der Waals surface area contributed by atoms with Crippen LogP contribution in [0.15, 0.2) is 66.9 Å². The number of aromatic nitrogens is 3. The molecule has 5 nitrogen and oxygen atoms in total. The zero-order valence-electron chi connectivity index (χ0n) is 18.1. The van der Waals surface area contributed by atoms with Crippen molar-refractivity contribution in [3.05, 3.63) is 83.6 Å². The van der Waals surface area contributed by atoms with Crippen LogP contribution < -0.4 is 10.2 Å². The molecular formula is C27H27N5. The zero-order chi connectivity index (χ0) is 21.3. The number of nitrogens with one attached hydrogen (secondary N) is 2. The van der Waals surface area contributed by atoms with Crippen LogP contribution in [0.4, 0.5) is 11.5 Å². The van der Waals surface area contributed by atoms with Crippen molar-refractivity contribution in [2.24, 2.45) is 0 Å². The number of rotatable bonds is 5. The Morgan fingerprint density at radius 3 is 2.56 bits per heavy atom. The van der Waals surface area contributed by atoms with Crippen molar-refractivity contribution in [2.45, 2.75) is 32.2 Å². The second kappa shape index (κ2) is 8.15. The minimum atomic E-state index is 0.773. The van der Waals surface area contributed by atoms with Gasteiger partial charge >= 0.3 is 0 Å². The molecule has 32 heavy (non-hydrogen) atoms. The van der Waals surface area contributed by atoms with Crippen LogP contribution in [0.5, 0.6) is 0 Å². The molecule has 0 amide bonds. The van der Waals surface area contributed by atoms with Crippen LogP contribution in [0.3, 0.4) is 0 Å². The van der Waals surface area contributed by atoms with Gasteiger partial charge in [0, 0.05) is 42.7 Å². The molecule has 1 fully saturated rings. The number of H-pyrrole nitrogens is 1. The van der Waals surface area contributed by atoms with E-state index in [1.807, 2.05) is 6.20 Å². The summed E-state index contributed by atoms with van der Waals surface area (Å²) in [4.78, 5) is 7.05. The Balaban J connectivity index is 1.12. The molecule has 160 valence electrons. The molecular weight excluding hydrogens is 394 g/mol. The van der Waals surface area contributed by atoms with E-state index in [9.17, 15) is 0 Å². The van der Waals surface area contributed by atoms with Gasteiger partial charge < -0.3 is 10.2 Å². The summed E-state index contributed by atoms with van der Waals surface area (Å²) in [5.41, 5.74) is 9.64. The summed E-state index contributed by atoms with van der Waals surface area (Å²) >= 11 is 0. The Kier molecular flexibility index (Phi) is 4.87. The SMILES string of the molecule is c1ccc2c(c1)Cc1c(-c3ccc(CNc4ccc(N5CCCCC5)nc4)cc3)n[nH]c1-2. The largest absolute Gasteiger partial charge is 0.380 e. The molecule has 1 saturated heterocycles. The number of pyridine rings is 1. The lowest BCUT2D eigenvalue weighted by Gasteiger charge is -2.27. The molecule has 0 saturated carbocycles. The quantitative estimate of drug-likeness (QED) is 0.385. The van der Waals surface area contributed by atoms with Gasteiger partial charge in [-0.2, -0.15) is 5.10 Å². The first-order chi connectivity index (χ1) is 15.8. The average Bonchev–Trinajstić information content (AvgIpc) is 3.44. The van der Waals surface area contributed by atoms with Gasteiger partial charge in [0.25, 0.3) is 0 Å². The topological polar surface area (TPSA) is 56.8 Å². The van der Waals surface area contributed by atoms with E-state index in [0.717, 1.165) is 48.8 Å². The molecule has 5 heteroatoms. The highest BCUT2D eigenvalue weighted by Gasteiger charge is 2.24. The average molecular weight is 422 g/mol. The molecule has 6 rings (SSSR count). The number of fused-ring (bicyclic) bond motifs is 3. The second-order valence-corrected chi connectivity index (χ2v) is 8.76. The molecule has 0 atom stereocenters. The molecule has 2 aliphatic rings. The smallest absolute Gasteiger partial charge is 0.128 e. The van der Waals surface area contributed by atoms with Crippen molar-refractivity contribution in [2.75, 3.05) is 23.3 Å². The first-order valence-electron chi connectivity index (χ1n) is 11.5. The summed E-state index contributed by atoms with van der Waals surface area (Å²) in [6.45, 7) is 3.02. The fourth-order valence-electron chi connectivity index (χ4n) is 4.89. The predicted octanol–water partition coefficient (Wildman–Crippen LogP) is 5.65. The monoisotopic (exact) mass is 421 g/mol. The van der Waals surface area contributed by atoms with E-state index in [1.54, 1.807) is 0 Å². The molecule has 4 aromatic rings. The third-order valence-electron chi connectivity index (χ3n) is 6.67. The summed E-state index contributed by atoms with van der Waals surface area (Å²) in [7, 11) is 0. The van der Waals surface area contributed by atoms with Gasteiger partial charge in [-0.1, -0.05) is 48.5 Å². The van der Waals surface area contributed by atoms with Crippen LogP contribution in [-0.2, 0) is 13.0 Å². The van der Waals surface area contributed by atoms with Crippen LogP contribution >= 0.6 is 0 Å². The van der Waals surface area contributed by atoms with E-state index in [4.69, 9.17) is 0 Å².